The topological polar surface area (TPSA) is 29.3 Å². The summed E-state index contributed by atoms with van der Waals surface area (Å²) in [4.78, 5) is 2.16. The molecule has 0 radical (unpaired) electrons. The zero-order valence-electron chi connectivity index (χ0n) is 10.4. The molecule has 0 atom stereocenters. The second kappa shape index (κ2) is 5.02. The molecule has 2 N–H and O–H groups in total. The summed E-state index contributed by atoms with van der Waals surface area (Å²) in [5.74, 6) is 0. The molecular formula is C15H18N2. The fourth-order valence-corrected chi connectivity index (χ4v) is 1.84. The quantitative estimate of drug-likeness (QED) is 0.815. The summed E-state index contributed by atoms with van der Waals surface area (Å²) >= 11 is 0. The van der Waals surface area contributed by atoms with Gasteiger partial charge in [-0.2, -0.15) is 0 Å². The molecule has 2 rings (SSSR count). The van der Waals surface area contributed by atoms with Gasteiger partial charge in [0.15, 0.2) is 0 Å². The summed E-state index contributed by atoms with van der Waals surface area (Å²) in [6, 6.07) is 16.6. The first kappa shape index (κ1) is 11.7. The third-order valence-electron chi connectivity index (χ3n) is 2.70. The second-order valence-corrected chi connectivity index (χ2v) is 4.56. The predicted octanol–water partition coefficient (Wildman–Crippen LogP) is 3.00. The molecule has 0 aliphatic rings. The van der Waals surface area contributed by atoms with E-state index in [1.165, 1.54) is 16.7 Å². The number of hydrogen-bond donors (Lipinski definition) is 1. The molecule has 0 fully saturated rings. The van der Waals surface area contributed by atoms with Gasteiger partial charge in [0.1, 0.15) is 0 Å². The van der Waals surface area contributed by atoms with Gasteiger partial charge in [0, 0.05) is 12.2 Å². The van der Waals surface area contributed by atoms with Crippen molar-refractivity contribution in [3.63, 3.8) is 0 Å². The van der Waals surface area contributed by atoms with E-state index in [0.717, 1.165) is 12.2 Å². The molecule has 0 aliphatic heterocycles. The number of benzene rings is 2. The molecule has 0 aliphatic carbocycles. The Kier molecular flexibility index (Phi) is 3.45. The lowest BCUT2D eigenvalue weighted by molar-refractivity contribution is 0.402. The molecule has 0 bridgehead atoms. The first-order chi connectivity index (χ1) is 8.15. The Morgan fingerprint density at radius 3 is 1.76 bits per heavy atom. The Labute approximate surface area is 103 Å². The minimum Gasteiger partial charge on any atom is -0.399 e. The molecule has 2 aromatic rings. The summed E-state index contributed by atoms with van der Waals surface area (Å²) in [7, 11) is 4.15. The van der Waals surface area contributed by atoms with Crippen LogP contribution >= 0.6 is 0 Å². The molecule has 0 unspecified atom stereocenters. The zero-order valence-corrected chi connectivity index (χ0v) is 10.4. The van der Waals surface area contributed by atoms with Crippen LogP contribution in [0, 0.1) is 0 Å². The maximum absolute atomic E-state index is 5.68. The number of hydrogen-bond acceptors (Lipinski definition) is 2. The SMILES string of the molecule is CN(C)Cc1ccc(-c2ccc(N)cc2)cc1. The van der Waals surface area contributed by atoms with E-state index in [1.54, 1.807) is 0 Å². The number of rotatable bonds is 3. The Bertz CT molecular complexity index is 469. The number of anilines is 1. The van der Waals surface area contributed by atoms with Crippen molar-refractivity contribution >= 4 is 5.69 Å². The normalized spacial score (nSPS) is 10.8. The monoisotopic (exact) mass is 226 g/mol. The number of nitrogen functional groups attached to an aromatic ring is 1. The molecule has 0 heterocycles. The van der Waals surface area contributed by atoms with Crippen LogP contribution in [0.3, 0.4) is 0 Å². The maximum Gasteiger partial charge on any atom is 0.0314 e. The first-order valence-corrected chi connectivity index (χ1v) is 5.75. The van der Waals surface area contributed by atoms with Gasteiger partial charge in [-0.05, 0) is 42.9 Å². The molecule has 2 heteroatoms. The highest BCUT2D eigenvalue weighted by atomic mass is 15.0. The van der Waals surface area contributed by atoms with E-state index in [1.807, 2.05) is 12.1 Å². The van der Waals surface area contributed by atoms with E-state index < -0.39 is 0 Å². The molecule has 2 nitrogen and oxygen atoms in total. The van der Waals surface area contributed by atoms with Crippen molar-refractivity contribution in [2.24, 2.45) is 0 Å². The van der Waals surface area contributed by atoms with E-state index in [-0.39, 0.29) is 0 Å². The van der Waals surface area contributed by atoms with Crippen LogP contribution in [0.4, 0.5) is 5.69 Å². The van der Waals surface area contributed by atoms with Crippen molar-refractivity contribution in [2.45, 2.75) is 6.54 Å². The van der Waals surface area contributed by atoms with Crippen LogP contribution < -0.4 is 5.73 Å². The lowest BCUT2D eigenvalue weighted by atomic mass is 10.0. The Morgan fingerprint density at radius 2 is 1.29 bits per heavy atom. The van der Waals surface area contributed by atoms with Crippen molar-refractivity contribution in [2.75, 3.05) is 19.8 Å². The van der Waals surface area contributed by atoms with Crippen LogP contribution in [0.25, 0.3) is 11.1 Å². The molecule has 88 valence electrons. The Hall–Kier alpha value is -1.80. The van der Waals surface area contributed by atoms with Crippen LogP contribution in [0.1, 0.15) is 5.56 Å². The van der Waals surface area contributed by atoms with Gasteiger partial charge in [0.25, 0.3) is 0 Å². The minimum absolute atomic E-state index is 0.804. The van der Waals surface area contributed by atoms with Crippen molar-refractivity contribution in [3.8, 4) is 11.1 Å². The Balaban J connectivity index is 2.20. The molecule has 17 heavy (non-hydrogen) atoms. The summed E-state index contributed by atoms with van der Waals surface area (Å²) < 4.78 is 0. The van der Waals surface area contributed by atoms with Gasteiger partial charge in [0.2, 0.25) is 0 Å². The molecule has 0 saturated carbocycles. The molecule has 0 amide bonds. The van der Waals surface area contributed by atoms with Gasteiger partial charge in [-0.3, -0.25) is 0 Å². The molecule has 0 aromatic heterocycles. The van der Waals surface area contributed by atoms with Crippen LogP contribution in [0.5, 0.6) is 0 Å². The van der Waals surface area contributed by atoms with Crippen molar-refractivity contribution in [3.05, 3.63) is 54.1 Å². The van der Waals surface area contributed by atoms with Gasteiger partial charge < -0.3 is 10.6 Å². The van der Waals surface area contributed by atoms with Gasteiger partial charge in [-0.15, -0.1) is 0 Å². The van der Waals surface area contributed by atoms with Crippen molar-refractivity contribution in [1.29, 1.82) is 0 Å². The van der Waals surface area contributed by atoms with E-state index in [9.17, 15) is 0 Å². The van der Waals surface area contributed by atoms with Crippen LogP contribution in [-0.2, 0) is 6.54 Å². The standard InChI is InChI=1S/C15H18N2/c1-17(2)11-12-3-5-13(6-4-12)14-7-9-15(16)10-8-14/h3-10H,11,16H2,1-2H3. The van der Waals surface area contributed by atoms with E-state index in [2.05, 4.69) is 55.4 Å². The third-order valence-corrected chi connectivity index (χ3v) is 2.70. The zero-order chi connectivity index (χ0) is 12.3. The third kappa shape index (κ3) is 3.08. The van der Waals surface area contributed by atoms with Crippen LogP contribution in [-0.4, -0.2) is 19.0 Å². The van der Waals surface area contributed by atoms with Crippen molar-refractivity contribution < 1.29 is 0 Å². The highest BCUT2D eigenvalue weighted by Crippen LogP contribution is 2.21. The van der Waals surface area contributed by atoms with Crippen LogP contribution in [0.2, 0.25) is 0 Å². The van der Waals surface area contributed by atoms with Gasteiger partial charge in [-0.25, -0.2) is 0 Å². The highest BCUT2D eigenvalue weighted by molar-refractivity contribution is 5.65. The molecule has 2 aromatic carbocycles. The van der Waals surface area contributed by atoms with E-state index in [4.69, 9.17) is 5.73 Å². The summed E-state index contributed by atoms with van der Waals surface area (Å²) in [6.45, 7) is 0.974. The van der Waals surface area contributed by atoms with Gasteiger partial charge >= 0.3 is 0 Å². The van der Waals surface area contributed by atoms with E-state index >= 15 is 0 Å². The number of nitrogens with two attached hydrogens (primary N) is 1. The molecular weight excluding hydrogens is 208 g/mol. The van der Waals surface area contributed by atoms with Gasteiger partial charge in [0.05, 0.1) is 0 Å². The predicted molar refractivity (Wildman–Crippen MR) is 73.7 cm³/mol. The van der Waals surface area contributed by atoms with Gasteiger partial charge in [-0.1, -0.05) is 36.4 Å². The fourth-order valence-electron chi connectivity index (χ4n) is 1.84. The second-order valence-electron chi connectivity index (χ2n) is 4.56. The van der Waals surface area contributed by atoms with E-state index in [0.29, 0.717) is 0 Å². The summed E-state index contributed by atoms with van der Waals surface area (Å²) in [6.07, 6.45) is 0. The first-order valence-electron chi connectivity index (χ1n) is 5.75. The largest absolute Gasteiger partial charge is 0.399 e. The summed E-state index contributed by atoms with van der Waals surface area (Å²) in [5.41, 5.74) is 10.2. The Morgan fingerprint density at radius 1 is 0.824 bits per heavy atom. The molecule has 0 spiro atoms. The fraction of sp³-hybridized carbons (Fsp3) is 0.200. The molecule has 0 saturated heterocycles. The average Bonchev–Trinajstić information content (AvgIpc) is 2.30. The lowest BCUT2D eigenvalue weighted by Crippen LogP contribution is -2.10. The maximum atomic E-state index is 5.68. The summed E-state index contributed by atoms with van der Waals surface area (Å²) in [5, 5.41) is 0. The minimum atomic E-state index is 0.804. The lowest BCUT2D eigenvalue weighted by Gasteiger charge is -2.10. The van der Waals surface area contributed by atoms with Crippen molar-refractivity contribution in [1.82, 2.24) is 4.90 Å². The smallest absolute Gasteiger partial charge is 0.0314 e. The highest BCUT2D eigenvalue weighted by Gasteiger charge is 1.99. The van der Waals surface area contributed by atoms with Crippen LogP contribution in [0.15, 0.2) is 48.5 Å². The number of nitrogens with zero attached hydrogens (tertiary/aromatic N) is 1. The average molecular weight is 226 g/mol.